The SMILES string of the molecule is CCCCCCCCN(CC(O)CCCCCC)CC(O)CCCCCC. The molecule has 0 saturated heterocycles. The van der Waals surface area contributed by atoms with Crippen LogP contribution in [0.3, 0.4) is 0 Å². The Hall–Kier alpha value is -0.120. The zero-order valence-electron chi connectivity index (χ0n) is 18.9. The molecule has 0 aliphatic rings. The van der Waals surface area contributed by atoms with Gasteiger partial charge in [0, 0.05) is 13.1 Å². The smallest absolute Gasteiger partial charge is 0.0667 e. The Labute approximate surface area is 170 Å². The van der Waals surface area contributed by atoms with Gasteiger partial charge in [0.15, 0.2) is 0 Å². The maximum Gasteiger partial charge on any atom is 0.0667 e. The van der Waals surface area contributed by atoms with Gasteiger partial charge in [-0.1, -0.05) is 104 Å². The van der Waals surface area contributed by atoms with Crippen LogP contribution in [0.4, 0.5) is 0 Å². The van der Waals surface area contributed by atoms with E-state index in [0.29, 0.717) is 0 Å². The van der Waals surface area contributed by atoms with Crippen LogP contribution in [0.25, 0.3) is 0 Å². The highest BCUT2D eigenvalue weighted by Gasteiger charge is 2.15. The third-order valence-electron chi connectivity index (χ3n) is 5.55. The zero-order chi connectivity index (χ0) is 20.2. The molecule has 0 aromatic carbocycles. The van der Waals surface area contributed by atoms with Crippen molar-refractivity contribution in [1.29, 1.82) is 0 Å². The van der Waals surface area contributed by atoms with Crippen molar-refractivity contribution in [3.8, 4) is 0 Å². The van der Waals surface area contributed by atoms with Crippen LogP contribution in [0.5, 0.6) is 0 Å². The van der Waals surface area contributed by atoms with E-state index >= 15 is 0 Å². The van der Waals surface area contributed by atoms with Crippen LogP contribution in [0, 0.1) is 0 Å². The molecule has 0 heterocycles. The van der Waals surface area contributed by atoms with Crippen molar-refractivity contribution in [1.82, 2.24) is 4.90 Å². The molecule has 0 amide bonds. The van der Waals surface area contributed by atoms with E-state index in [1.165, 1.54) is 77.0 Å². The minimum Gasteiger partial charge on any atom is -0.392 e. The first kappa shape index (κ1) is 26.9. The summed E-state index contributed by atoms with van der Waals surface area (Å²) in [5.41, 5.74) is 0. The monoisotopic (exact) mass is 385 g/mol. The van der Waals surface area contributed by atoms with Crippen LogP contribution in [0.1, 0.15) is 124 Å². The minimum atomic E-state index is -0.241. The molecule has 2 unspecified atom stereocenters. The molecule has 3 nitrogen and oxygen atoms in total. The van der Waals surface area contributed by atoms with Crippen LogP contribution in [0.15, 0.2) is 0 Å². The molecule has 0 saturated carbocycles. The first-order valence-electron chi connectivity index (χ1n) is 12.2. The van der Waals surface area contributed by atoms with E-state index in [1.54, 1.807) is 0 Å². The molecule has 0 rings (SSSR count). The molecule has 0 radical (unpaired) electrons. The van der Waals surface area contributed by atoms with Crippen LogP contribution < -0.4 is 0 Å². The van der Waals surface area contributed by atoms with Gasteiger partial charge in [0.2, 0.25) is 0 Å². The first-order chi connectivity index (χ1) is 13.1. The topological polar surface area (TPSA) is 43.7 Å². The lowest BCUT2D eigenvalue weighted by Gasteiger charge is -2.27. The summed E-state index contributed by atoms with van der Waals surface area (Å²) >= 11 is 0. The van der Waals surface area contributed by atoms with Crippen molar-refractivity contribution in [2.24, 2.45) is 0 Å². The average Bonchev–Trinajstić information content (AvgIpc) is 2.65. The summed E-state index contributed by atoms with van der Waals surface area (Å²) in [4.78, 5) is 2.33. The second-order valence-corrected chi connectivity index (χ2v) is 8.53. The van der Waals surface area contributed by atoms with E-state index < -0.39 is 0 Å². The molecule has 0 aromatic heterocycles. The molecule has 27 heavy (non-hydrogen) atoms. The fourth-order valence-electron chi connectivity index (χ4n) is 3.76. The maximum atomic E-state index is 10.4. The maximum absolute atomic E-state index is 10.4. The van der Waals surface area contributed by atoms with Crippen molar-refractivity contribution in [3.05, 3.63) is 0 Å². The second-order valence-electron chi connectivity index (χ2n) is 8.53. The summed E-state index contributed by atoms with van der Waals surface area (Å²) in [7, 11) is 0. The largest absolute Gasteiger partial charge is 0.392 e. The van der Waals surface area contributed by atoms with Gasteiger partial charge in [-0.15, -0.1) is 0 Å². The molecule has 0 aromatic rings. The van der Waals surface area contributed by atoms with Gasteiger partial charge < -0.3 is 10.2 Å². The van der Waals surface area contributed by atoms with E-state index in [2.05, 4.69) is 25.7 Å². The molecule has 3 heteroatoms. The molecule has 164 valence electrons. The minimum absolute atomic E-state index is 0.241. The van der Waals surface area contributed by atoms with Gasteiger partial charge in [-0.25, -0.2) is 0 Å². The van der Waals surface area contributed by atoms with Crippen molar-refractivity contribution in [2.75, 3.05) is 19.6 Å². The van der Waals surface area contributed by atoms with E-state index in [1.807, 2.05) is 0 Å². The van der Waals surface area contributed by atoms with Crippen LogP contribution >= 0.6 is 0 Å². The van der Waals surface area contributed by atoms with Crippen LogP contribution in [0.2, 0.25) is 0 Å². The molecule has 2 N–H and O–H groups in total. The summed E-state index contributed by atoms with van der Waals surface area (Å²) < 4.78 is 0. The predicted molar refractivity (Wildman–Crippen MR) is 119 cm³/mol. The quantitative estimate of drug-likeness (QED) is 0.227. The molecule has 0 aliphatic carbocycles. The summed E-state index contributed by atoms with van der Waals surface area (Å²) in [6, 6.07) is 0. The normalized spacial score (nSPS) is 14.0. The van der Waals surface area contributed by atoms with Gasteiger partial charge in [0.25, 0.3) is 0 Å². The van der Waals surface area contributed by atoms with Crippen molar-refractivity contribution in [3.63, 3.8) is 0 Å². The summed E-state index contributed by atoms with van der Waals surface area (Å²) in [5, 5.41) is 20.9. The molecule has 0 aliphatic heterocycles. The molecule has 2 atom stereocenters. The zero-order valence-corrected chi connectivity index (χ0v) is 18.9. The number of unbranched alkanes of at least 4 members (excludes halogenated alkanes) is 11. The Bertz CT molecular complexity index is 266. The fourth-order valence-corrected chi connectivity index (χ4v) is 3.76. The summed E-state index contributed by atoms with van der Waals surface area (Å²) in [6.45, 7) is 9.18. The van der Waals surface area contributed by atoms with Crippen molar-refractivity contribution < 1.29 is 10.2 Å². The highest BCUT2D eigenvalue weighted by molar-refractivity contribution is 4.70. The molecule has 0 spiro atoms. The van der Waals surface area contributed by atoms with Gasteiger partial charge in [-0.2, -0.15) is 0 Å². The molecule has 0 fully saturated rings. The lowest BCUT2D eigenvalue weighted by Crippen LogP contribution is -2.38. The van der Waals surface area contributed by atoms with Gasteiger partial charge in [0.1, 0.15) is 0 Å². The van der Waals surface area contributed by atoms with Gasteiger partial charge in [-0.3, -0.25) is 4.90 Å². The Morgan fingerprint density at radius 3 is 1.33 bits per heavy atom. The number of aliphatic hydroxyl groups is 2. The Morgan fingerprint density at radius 1 is 0.519 bits per heavy atom. The summed E-state index contributed by atoms with van der Waals surface area (Å²) in [6.07, 6.45) is 18.8. The summed E-state index contributed by atoms with van der Waals surface area (Å²) in [5.74, 6) is 0. The lowest BCUT2D eigenvalue weighted by atomic mass is 10.1. The molecular formula is C24H51NO2. The number of nitrogens with zero attached hydrogens (tertiary/aromatic N) is 1. The van der Waals surface area contributed by atoms with Gasteiger partial charge in [0.05, 0.1) is 12.2 Å². The Balaban J connectivity index is 4.17. The average molecular weight is 386 g/mol. The van der Waals surface area contributed by atoms with Gasteiger partial charge >= 0.3 is 0 Å². The van der Waals surface area contributed by atoms with E-state index in [4.69, 9.17) is 0 Å². The Kier molecular flexibility index (Phi) is 20.5. The highest BCUT2D eigenvalue weighted by atomic mass is 16.3. The number of hydrogen-bond acceptors (Lipinski definition) is 3. The second kappa shape index (κ2) is 20.6. The lowest BCUT2D eigenvalue weighted by molar-refractivity contribution is 0.0596. The fraction of sp³-hybridized carbons (Fsp3) is 1.00. The standard InChI is InChI=1S/C24H51NO2/c1-4-7-10-13-14-17-20-25(21-23(26)18-15-11-8-5-2)22-24(27)19-16-12-9-6-3/h23-24,26-27H,4-22H2,1-3H3. The molecular weight excluding hydrogens is 334 g/mol. The highest BCUT2D eigenvalue weighted by Crippen LogP contribution is 2.12. The number of rotatable bonds is 21. The van der Waals surface area contributed by atoms with E-state index in [-0.39, 0.29) is 12.2 Å². The van der Waals surface area contributed by atoms with E-state index in [9.17, 15) is 10.2 Å². The van der Waals surface area contributed by atoms with Crippen LogP contribution in [-0.2, 0) is 0 Å². The number of hydrogen-bond donors (Lipinski definition) is 2. The first-order valence-corrected chi connectivity index (χ1v) is 12.2. The van der Waals surface area contributed by atoms with Gasteiger partial charge in [-0.05, 0) is 25.8 Å². The third kappa shape index (κ3) is 19.0. The third-order valence-corrected chi connectivity index (χ3v) is 5.55. The van der Waals surface area contributed by atoms with Crippen molar-refractivity contribution >= 4 is 0 Å². The van der Waals surface area contributed by atoms with Crippen molar-refractivity contribution in [2.45, 2.75) is 136 Å². The Morgan fingerprint density at radius 2 is 0.889 bits per heavy atom. The van der Waals surface area contributed by atoms with E-state index in [0.717, 1.165) is 45.3 Å². The number of aliphatic hydroxyl groups excluding tert-OH is 2. The predicted octanol–water partition coefficient (Wildman–Crippen LogP) is 6.31. The molecule has 0 bridgehead atoms. The van der Waals surface area contributed by atoms with Crippen LogP contribution in [-0.4, -0.2) is 47.0 Å².